The van der Waals surface area contributed by atoms with Gasteiger partial charge in [-0.3, -0.25) is 14.5 Å². The summed E-state index contributed by atoms with van der Waals surface area (Å²) in [5.41, 5.74) is 4.68. The van der Waals surface area contributed by atoms with Crippen molar-refractivity contribution in [3.63, 3.8) is 0 Å². The second kappa shape index (κ2) is 15.7. The van der Waals surface area contributed by atoms with Crippen molar-refractivity contribution in [1.82, 2.24) is 34.9 Å². The minimum absolute atomic E-state index is 0.124. The van der Waals surface area contributed by atoms with Crippen LogP contribution in [0.1, 0.15) is 24.0 Å². The van der Waals surface area contributed by atoms with Crippen LogP contribution in [0.25, 0.3) is 11.1 Å². The number of esters is 1. The molecular formula is C37H44BrF3N10O3. The van der Waals surface area contributed by atoms with Crippen molar-refractivity contribution in [3.8, 4) is 22.6 Å². The van der Waals surface area contributed by atoms with E-state index in [1.54, 1.807) is 31.7 Å². The van der Waals surface area contributed by atoms with Gasteiger partial charge in [-0.1, -0.05) is 6.07 Å². The summed E-state index contributed by atoms with van der Waals surface area (Å²) in [6.45, 7) is 11.5. The van der Waals surface area contributed by atoms with Crippen LogP contribution < -0.4 is 30.3 Å². The standard InChI is InChI=1S/C37H44BrF3N10O3/c1-22-5-6-29(33(23(22)2)54-35(52)37(39,40)41)45-34-28(38)20-43-36(47-34)46-30-15-27(24-17-44-48(3)21-24)31(16-32(30)53-4)51-13-11-50(12-14-51)25-7-9-49(10-8-25)26-18-42-19-26/h5-6,15-17,20-21,25-26,42H,7-14,18-19H2,1-4H3,(H2,43,45,46,47). The van der Waals surface area contributed by atoms with E-state index in [0.29, 0.717) is 39.1 Å². The highest BCUT2D eigenvalue weighted by Gasteiger charge is 2.42. The maximum atomic E-state index is 13.2. The predicted molar refractivity (Wildman–Crippen MR) is 204 cm³/mol. The lowest BCUT2D eigenvalue weighted by Crippen LogP contribution is -2.60. The number of ether oxygens (including phenoxy) is 2. The molecule has 0 saturated carbocycles. The number of likely N-dealkylation sites (tertiary alicyclic amines) is 1. The number of hydrogen-bond acceptors (Lipinski definition) is 12. The molecule has 0 aliphatic carbocycles. The number of piperidine rings is 1. The second-order valence-electron chi connectivity index (χ2n) is 14.0. The number of benzene rings is 2. The van der Waals surface area contributed by atoms with Crippen LogP contribution in [-0.2, 0) is 11.8 Å². The number of nitrogens with one attached hydrogen (secondary N) is 3. The Labute approximate surface area is 320 Å². The number of aryl methyl sites for hydroxylation is 2. The Morgan fingerprint density at radius 2 is 1.69 bits per heavy atom. The number of alkyl halides is 3. The fourth-order valence-electron chi connectivity index (χ4n) is 7.30. The van der Waals surface area contributed by atoms with E-state index in [1.165, 1.54) is 25.1 Å². The number of hydrogen-bond donors (Lipinski definition) is 3. The fraction of sp³-hybridized carbons (Fsp3) is 0.459. The highest BCUT2D eigenvalue weighted by molar-refractivity contribution is 9.10. The minimum Gasteiger partial charge on any atom is -0.494 e. The summed E-state index contributed by atoms with van der Waals surface area (Å²) in [5, 5.41) is 14.1. The molecule has 3 N–H and O–H groups in total. The number of halogens is 4. The molecule has 3 fully saturated rings. The number of methoxy groups -OCH3 is 1. The number of piperazine rings is 1. The quantitative estimate of drug-likeness (QED) is 0.133. The summed E-state index contributed by atoms with van der Waals surface area (Å²) in [6, 6.07) is 8.58. The molecule has 3 aliphatic heterocycles. The zero-order valence-electron chi connectivity index (χ0n) is 30.6. The van der Waals surface area contributed by atoms with Gasteiger partial charge in [-0.15, -0.1) is 0 Å². The number of carbonyl (C=O) groups is 1. The van der Waals surface area contributed by atoms with Crippen LogP contribution in [-0.4, -0.2) is 113 Å². The molecule has 0 unspecified atom stereocenters. The first-order valence-electron chi connectivity index (χ1n) is 18.0. The Hall–Kier alpha value is -4.45. The van der Waals surface area contributed by atoms with Gasteiger partial charge in [-0.2, -0.15) is 23.3 Å². The van der Waals surface area contributed by atoms with Gasteiger partial charge in [0.2, 0.25) is 5.95 Å². The molecule has 0 radical (unpaired) electrons. The molecule has 17 heteroatoms. The van der Waals surface area contributed by atoms with Crippen LogP contribution in [0.15, 0.2) is 47.3 Å². The Bertz CT molecular complexity index is 1990. The molecule has 4 aromatic rings. The van der Waals surface area contributed by atoms with Gasteiger partial charge in [0.1, 0.15) is 11.6 Å². The molecular weight excluding hydrogens is 769 g/mol. The lowest BCUT2D eigenvalue weighted by Gasteiger charge is -2.46. The van der Waals surface area contributed by atoms with Crippen LogP contribution in [0.3, 0.4) is 0 Å². The molecule has 0 atom stereocenters. The predicted octanol–water partition coefficient (Wildman–Crippen LogP) is 5.78. The molecule has 288 valence electrons. The monoisotopic (exact) mass is 812 g/mol. The summed E-state index contributed by atoms with van der Waals surface area (Å²) in [4.78, 5) is 28.6. The van der Waals surface area contributed by atoms with Gasteiger partial charge < -0.3 is 30.3 Å². The van der Waals surface area contributed by atoms with E-state index in [2.05, 4.69) is 61.6 Å². The summed E-state index contributed by atoms with van der Waals surface area (Å²) in [6.07, 6.45) is 2.57. The van der Waals surface area contributed by atoms with E-state index < -0.39 is 12.1 Å². The maximum Gasteiger partial charge on any atom is 0.491 e. The Kier molecular flexibility index (Phi) is 11.0. The van der Waals surface area contributed by atoms with E-state index in [1.807, 2.05) is 31.6 Å². The maximum absolute atomic E-state index is 13.2. The normalized spacial score (nSPS) is 17.7. The second-order valence-corrected chi connectivity index (χ2v) is 14.8. The van der Waals surface area contributed by atoms with E-state index >= 15 is 0 Å². The minimum atomic E-state index is -5.16. The Balaban J connectivity index is 1.12. The number of nitrogens with zero attached hydrogens (tertiary/aromatic N) is 7. The highest BCUT2D eigenvalue weighted by Crippen LogP contribution is 2.42. The summed E-state index contributed by atoms with van der Waals surface area (Å²) in [5.74, 6) is -1.57. The Morgan fingerprint density at radius 3 is 2.31 bits per heavy atom. The molecule has 5 heterocycles. The molecule has 3 saturated heterocycles. The van der Waals surface area contributed by atoms with Crippen LogP contribution >= 0.6 is 15.9 Å². The first-order chi connectivity index (χ1) is 25.9. The first-order valence-corrected chi connectivity index (χ1v) is 18.8. The number of rotatable bonds is 10. The smallest absolute Gasteiger partial charge is 0.491 e. The topological polar surface area (TPSA) is 125 Å². The molecule has 3 aliphatic rings. The van der Waals surface area contributed by atoms with E-state index in [4.69, 9.17) is 9.47 Å². The molecule has 0 amide bonds. The average Bonchev–Trinajstić information content (AvgIpc) is 3.57. The van der Waals surface area contributed by atoms with Gasteiger partial charge in [0.25, 0.3) is 0 Å². The summed E-state index contributed by atoms with van der Waals surface area (Å²) >= 11 is 3.43. The van der Waals surface area contributed by atoms with Crippen LogP contribution in [0.2, 0.25) is 0 Å². The average molecular weight is 814 g/mol. The fourth-order valence-corrected chi connectivity index (χ4v) is 7.59. The van der Waals surface area contributed by atoms with E-state index in [0.717, 1.165) is 69.2 Å². The lowest BCUT2D eigenvalue weighted by molar-refractivity contribution is -0.189. The summed E-state index contributed by atoms with van der Waals surface area (Å²) < 4.78 is 52.4. The molecule has 0 bridgehead atoms. The molecule has 13 nitrogen and oxygen atoms in total. The van der Waals surface area contributed by atoms with E-state index in [9.17, 15) is 18.0 Å². The lowest BCUT2D eigenvalue weighted by atomic mass is 9.98. The third-order valence-corrected chi connectivity index (χ3v) is 11.2. The molecule has 54 heavy (non-hydrogen) atoms. The molecule has 2 aromatic carbocycles. The number of anilines is 5. The van der Waals surface area contributed by atoms with Crippen molar-refractivity contribution in [3.05, 3.63) is 58.5 Å². The van der Waals surface area contributed by atoms with Crippen LogP contribution in [0, 0.1) is 13.8 Å². The van der Waals surface area contributed by atoms with Gasteiger partial charge in [-0.05, 0) is 65.9 Å². The van der Waals surface area contributed by atoms with Gasteiger partial charge in [0, 0.05) is 107 Å². The first kappa shape index (κ1) is 37.8. The van der Waals surface area contributed by atoms with Crippen molar-refractivity contribution in [2.75, 3.05) is 75.0 Å². The number of carbonyl (C=O) groups excluding carboxylic acids is 1. The van der Waals surface area contributed by atoms with Crippen LogP contribution in [0.4, 0.5) is 42.0 Å². The highest BCUT2D eigenvalue weighted by atomic mass is 79.9. The van der Waals surface area contributed by atoms with Crippen molar-refractivity contribution in [1.29, 1.82) is 0 Å². The Morgan fingerprint density at radius 1 is 0.963 bits per heavy atom. The number of aromatic nitrogens is 4. The molecule has 0 spiro atoms. The largest absolute Gasteiger partial charge is 0.494 e. The van der Waals surface area contributed by atoms with Crippen molar-refractivity contribution < 1.29 is 27.4 Å². The van der Waals surface area contributed by atoms with Gasteiger partial charge in [0.15, 0.2) is 5.75 Å². The van der Waals surface area contributed by atoms with Gasteiger partial charge in [0.05, 0.1) is 29.2 Å². The van der Waals surface area contributed by atoms with Crippen LogP contribution in [0.5, 0.6) is 11.5 Å². The van der Waals surface area contributed by atoms with Gasteiger partial charge in [-0.25, -0.2) is 9.78 Å². The third-order valence-electron chi connectivity index (χ3n) is 10.6. The summed E-state index contributed by atoms with van der Waals surface area (Å²) in [7, 11) is 3.49. The zero-order valence-corrected chi connectivity index (χ0v) is 32.2. The SMILES string of the molecule is COc1cc(N2CCN(C3CCN(C4CNC4)CC3)CC2)c(-c2cnn(C)c2)cc1Nc1ncc(Br)c(Nc2ccc(C)c(C)c2OC(=O)C(F)(F)F)n1. The van der Waals surface area contributed by atoms with E-state index in [-0.39, 0.29) is 23.2 Å². The van der Waals surface area contributed by atoms with Crippen molar-refractivity contribution in [2.45, 2.75) is 44.9 Å². The van der Waals surface area contributed by atoms with Crippen molar-refractivity contribution >= 4 is 50.7 Å². The molecule has 2 aromatic heterocycles. The molecule has 7 rings (SSSR count). The van der Waals surface area contributed by atoms with Gasteiger partial charge >= 0.3 is 12.1 Å². The van der Waals surface area contributed by atoms with Crippen molar-refractivity contribution in [2.24, 2.45) is 7.05 Å². The third kappa shape index (κ3) is 8.13. The zero-order chi connectivity index (χ0) is 38.1.